The van der Waals surface area contributed by atoms with Gasteiger partial charge in [-0.1, -0.05) is 12.8 Å². The van der Waals surface area contributed by atoms with E-state index in [0.29, 0.717) is 90.3 Å². The topological polar surface area (TPSA) is 388 Å². The molecule has 2 fully saturated rings. The minimum atomic E-state index is -1.46. The summed E-state index contributed by atoms with van der Waals surface area (Å²) in [5.74, 6) is -1.82. The standard InChI is InChI=1S/C47H86N8O17/c1-29(56)32(15-10-12-22-48)54-55-38(61)21-5-4-13-24-52-45(68)33(53-37(60)20-9-8-19-36(59)51-26-28-70-47-44(67)42(65)40(63)31(3)72-47)16-11-14-23-49-34(57)17-6-7-18-35(58)50-25-27-69-46-43(66)41(64)39(62)30(2)71-46/h30-33,39-44,46-47,54,62-67H,4-28,48H2,1-3H3,(H,49,57)(H,50,58)(H,51,59)(H,52,68)(H,53,60)(H,55,61)/t30-,31-,32-,33-,39+,40+,41+,42+,43-,44-,46+,47+/m0/s1. The Morgan fingerprint density at radius 1 is 0.486 bits per heavy atom. The number of amides is 6. The molecule has 2 aliphatic rings. The van der Waals surface area contributed by atoms with Crippen LogP contribution >= 0.6 is 0 Å². The molecule has 0 saturated carbocycles. The lowest BCUT2D eigenvalue weighted by Crippen LogP contribution is -2.57. The second-order valence-electron chi connectivity index (χ2n) is 18.4. The van der Waals surface area contributed by atoms with E-state index in [9.17, 15) is 64.2 Å². The number of carbonyl (C=O) groups excluding carboxylic acids is 7. The molecule has 416 valence electrons. The molecule has 15 N–H and O–H groups in total. The normalized spacial score (nSPS) is 24.9. The van der Waals surface area contributed by atoms with Crippen molar-refractivity contribution in [3.8, 4) is 0 Å². The SMILES string of the molecule is CC(=O)[C@H](CCCCN)NNC(=O)CCCCCNC(=O)[C@H](CCCCNC(=O)CCCCC(=O)NCCO[C@@H]1O[C@@H](C)[C@@H](O)[C@@H](O)[C@@H]1O)NC(=O)CCCCC(=O)NCCO[C@@H]1O[C@@H](C)[C@@H](O)[C@@H](O)[C@@H]1O. The van der Waals surface area contributed by atoms with E-state index in [-0.39, 0.29) is 99.6 Å². The van der Waals surface area contributed by atoms with Gasteiger partial charge in [-0.15, -0.1) is 0 Å². The molecule has 72 heavy (non-hydrogen) atoms. The summed E-state index contributed by atoms with van der Waals surface area (Å²) in [5.41, 5.74) is 10.9. The molecule has 12 atom stereocenters. The Morgan fingerprint density at radius 3 is 1.40 bits per heavy atom. The van der Waals surface area contributed by atoms with Crippen molar-refractivity contribution in [1.82, 2.24) is 37.4 Å². The van der Waals surface area contributed by atoms with Crippen LogP contribution in [0, 0.1) is 0 Å². The Bertz CT molecular complexity index is 1620. The Kier molecular flexibility index (Phi) is 32.8. The minimum absolute atomic E-state index is 0.00258. The van der Waals surface area contributed by atoms with Gasteiger partial charge < -0.3 is 81.9 Å². The first-order valence-corrected chi connectivity index (χ1v) is 25.6. The van der Waals surface area contributed by atoms with Crippen molar-refractivity contribution in [2.75, 3.05) is 45.9 Å². The van der Waals surface area contributed by atoms with Crippen LogP contribution in [0.5, 0.6) is 0 Å². The van der Waals surface area contributed by atoms with Crippen LogP contribution in [-0.2, 0) is 52.5 Å². The maximum atomic E-state index is 13.3. The molecule has 2 rings (SSSR count). The first-order chi connectivity index (χ1) is 34.4. The van der Waals surface area contributed by atoms with Crippen molar-refractivity contribution in [3.63, 3.8) is 0 Å². The maximum Gasteiger partial charge on any atom is 0.242 e. The molecule has 0 bridgehead atoms. The average molecular weight is 1040 g/mol. The highest BCUT2D eigenvalue weighted by atomic mass is 16.7. The number of hydrazine groups is 1. The fourth-order valence-electron chi connectivity index (χ4n) is 7.70. The lowest BCUT2D eigenvalue weighted by atomic mass is 10.0. The van der Waals surface area contributed by atoms with Crippen LogP contribution in [0.2, 0.25) is 0 Å². The molecule has 0 spiro atoms. The lowest BCUT2D eigenvalue weighted by molar-refractivity contribution is -0.292. The van der Waals surface area contributed by atoms with Crippen LogP contribution < -0.4 is 43.2 Å². The van der Waals surface area contributed by atoms with Crippen molar-refractivity contribution in [2.45, 2.75) is 210 Å². The molecule has 0 aromatic rings. The quantitative estimate of drug-likeness (QED) is 0.0219. The predicted molar refractivity (Wildman–Crippen MR) is 258 cm³/mol. The number of nitrogens with two attached hydrogens (primary N) is 1. The van der Waals surface area contributed by atoms with Crippen molar-refractivity contribution >= 4 is 41.2 Å². The second-order valence-corrected chi connectivity index (χ2v) is 18.4. The summed E-state index contributed by atoms with van der Waals surface area (Å²) in [4.78, 5) is 87.6. The maximum absolute atomic E-state index is 13.3. The zero-order valence-electron chi connectivity index (χ0n) is 42.4. The summed E-state index contributed by atoms with van der Waals surface area (Å²) < 4.78 is 21.5. The molecular weight excluding hydrogens is 949 g/mol. The number of carbonyl (C=O) groups is 7. The van der Waals surface area contributed by atoms with Gasteiger partial charge in [-0.05, 0) is 97.9 Å². The summed E-state index contributed by atoms with van der Waals surface area (Å²) in [6, 6.07) is -1.35. The number of aliphatic hydroxyl groups is 6. The van der Waals surface area contributed by atoms with E-state index in [4.69, 9.17) is 24.7 Å². The number of unbranched alkanes of at least 4 members (excludes halogenated alkanes) is 6. The summed E-state index contributed by atoms with van der Waals surface area (Å²) in [7, 11) is 0. The number of aliphatic hydroxyl groups excluding tert-OH is 6. The molecule has 0 aromatic carbocycles. The van der Waals surface area contributed by atoms with Crippen LogP contribution in [-0.4, -0.2) is 191 Å². The van der Waals surface area contributed by atoms with E-state index in [1.807, 2.05) is 0 Å². The summed E-state index contributed by atoms with van der Waals surface area (Å²) >= 11 is 0. The van der Waals surface area contributed by atoms with Gasteiger partial charge in [0.25, 0.3) is 0 Å². The monoisotopic (exact) mass is 1030 g/mol. The third kappa shape index (κ3) is 26.3. The zero-order valence-corrected chi connectivity index (χ0v) is 42.4. The Labute approximate surface area is 422 Å². The minimum Gasteiger partial charge on any atom is -0.388 e. The van der Waals surface area contributed by atoms with E-state index >= 15 is 0 Å². The molecule has 0 aromatic heterocycles. The Morgan fingerprint density at radius 2 is 0.903 bits per heavy atom. The molecule has 0 aliphatic carbocycles. The van der Waals surface area contributed by atoms with Gasteiger partial charge in [0.1, 0.15) is 48.4 Å². The molecule has 2 heterocycles. The first-order valence-electron chi connectivity index (χ1n) is 25.6. The lowest BCUT2D eigenvalue weighted by Gasteiger charge is -2.38. The molecule has 2 aliphatic heterocycles. The van der Waals surface area contributed by atoms with Gasteiger partial charge in [0.05, 0.1) is 31.5 Å². The highest BCUT2D eigenvalue weighted by molar-refractivity contribution is 5.87. The highest BCUT2D eigenvalue weighted by Gasteiger charge is 2.43. The second kappa shape index (κ2) is 36.9. The molecule has 2 saturated heterocycles. The smallest absolute Gasteiger partial charge is 0.242 e. The van der Waals surface area contributed by atoms with E-state index in [1.54, 1.807) is 0 Å². The predicted octanol–water partition coefficient (Wildman–Crippen LogP) is -2.82. The van der Waals surface area contributed by atoms with Crippen LogP contribution in [0.15, 0.2) is 0 Å². The number of ether oxygens (including phenoxy) is 4. The van der Waals surface area contributed by atoms with Gasteiger partial charge in [-0.2, -0.15) is 0 Å². The Hall–Kier alpha value is -3.99. The summed E-state index contributed by atoms with van der Waals surface area (Å²) in [6.45, 7) is 5.89. The van der Waals surface area contributed by atoms with Crippen LogP contribution in [0.25, 0.3) is 0 Å². The highest BCUT2D eigenvalue weighted by Crippen LogP contribution is 2.23. The van der Waals surface area contributed by atoms with Crippen LogP contribution in [0.3, 0.4) is 0 Å². The molecular formula is C47H86N8O17. The molecule has 0 radical (unpaired) electrons. The van der Waals surface area contributed by atoms with Gasteiger partial charge >= 0.3 is 0 Å². The number of Topliss-reactive ketones (excluding diaryl/α,β-unsaturated/α-hetero) is 1. The van der Waals surface area contributed by atoms with Crippen LogP contribution in [0.1, 0.15) is 136 Å². The van der Waals surface area contributed by atoms with Crippen molar-refractivity contribution in [2.24, 2.45) is 5.73 Å². The van der Waals surface area contributed by atoms with Gasteiger partial charge in [0.15, 0.2) is 12.6 Å². The van der Waals surface area contributed by atoms with Gasteiger partial charge in [0.2, 0.25) is 35.4 Å². The largest absolute Gasteiger partial charge is 0.388 e. The Balaban J connectivity index is 1.71. The first kappa shape index (κ1) is 64.1. The summed E-state index contributed by atoms with van der Waals surface area (Å²) in [5, 5.41) is 73.4. The van der Waals surface area contributed by atoms with E-state index in [0.717, 1.165) is 12.8 Å². The fraction of sp³-hybridized carbons (Fsp3) is 0.851. The number of nitrogens with one attached hydrogen (secondary N) is 7. The van der Waals surface area contributed by atoms with Crippen molar-refractivity contribution in [1.29, 1.82) is 0 Å². The van der Waals surface area contributed by atoms with Crippen LogP contribution in [0.4, 0.5) is 0 Å². The number of ketones is 1. The van der Waals surface area contributed by atoms with Gasteiger partial charge in [-0.3, -0.25) is 39.0 Å². The van der Waals surface area contributed by atoms with E-state index in [2.05, 4.69) is 37.4 Å². The molecule has 6 amide bonds. The summed E-state index contributed by atoms with van der Waals surface area (Å²) in [6.07, 6.45) is -4.47. The number of rotatable bonds is 38. The van der Waals surface area contributed by atoms with Gasteiger partial charge in [0, 0.05) is 58.3 Å². The number of hydrogen-bond acceptors (Lipinski definition) is 19. The average Bonchev–Trinajstić information content (AvgIpc) is 3.34. The molecule has 25 heteroatoms. The molecule has 25 nitrogen and oxygen atoms in total. The van der Waals surface area contributed by atoms with Crippen molar-refractivity contribution < 1.29 is 83.1 Å². The molecule has 0 unspecified atom stereocenters. The van der Waals surface area contributed by atoms with E-state index in [1.165, 1.54) is 20.8 Å². The third-order valence-electron chi connectivity index (χ3n) is 12.2. The fourth-order valence-corrected chi connectivity index (χ4v) is 7.70. The zero-order chi connectivity index (χ0) is 53.4. The van der Waals surface area contributed by atoms with Crippen molar-refractivity contribution in [3.05, 3.63) is 0 Å². The van der Waals surface area contributed by atoms with E-state index < -0.39 is 73.5 Å². The number of hydrogen-bond donors (Lipinski definition) is 14. The third-order valence-corrected chi connectivity index (χ3v) is 12.2. The van der Waals surface area contributed by atoms with Gasteiger partial charge in [-0.25, -0.2) is 5.43 Å².